The summed E-state index contributed by atoms with van der Waals surface area (Å²) in [4.78, 5) is 7.40. The minimum atomic E-state index is 0.245. The SMILES string of the molecule is CCc1ccc(C(c2csc3ccccc23)N2CCNCC2)nc1. The van der Waals surface area contributed by atoms with Gasteiger partial charge in [0, 0.05) is 37.1 Å². The van der Waals surface area contributed by atoms with Crippen LogP contribution < -0.4 is 5.32 Å². The number of hydrogen-bond acceptors (Lipinski definition) is 4. The van der Waals surface area contributed by atoms with Crippen LogP contribution in [0.1, 0.15) is 29.8 Å². The largest absolute Gasteiger partial charge is 0.314 e. The van der Waals surface area contributed by atoms with Crippen molar-refractivity contribution in [2.24, 2.45) is 0 Å². The molecule has 1 aliphatic heterocycles. The van der Waals surface area contributed by atoms with E-state index >= 15 is 0 Å². The monoisotopic (exact) mass is 337 g/mol. The zero-order valence-electron chi connectivity index (χ0n) is 14.0. The van der Waals surface area contributed by atoms with Crippen LogP contribution in [0.4, 0.5) is 0 Å². The van der Waals surface area contributed by atoms with Gasteiger partial charge in [-0.05, 0) is 40.4 Å². The minimum absolute atomic E-state index is 0.245. The zero-order chi connectivity index (χ0) is 16.4. The number of thiophene rings is 1. The number of pyridine rings is 1. The average Bonchev–Trinajstić information content (AvgIpc) is 3.07. The van der Waals surface area contributed by atoms with E-state index in [1.165, 1.54) is 21.2 Å². The third kappa shape index (κ3) is 2.97. The Labute approximate surface area is 147 Å². The molecule has 1 aromatic carbocycles. The molecular formula is C20H23N3S. The van der Waals surface area contributed by atoms with Gasteiger partial charge in [-0.1, -0.05) is 31.2 Å². The Morgan fingerprint density at radius 2 is 2.00 bits per heavy atom. The van der Waals surface area contributed by atoms with Gasteiger partial charge in [-0.25, -0.2) is 0 Å². The Balaban J connectivity index is 1.79. The molecule has 0 bridgehead atoms. The van der Waals surface area contributed by atoms with Crippen LogP contribution in [0.3, 0.4) is 0 Å². The van der Waals surface area contributed by atoms with E-state index in [-0.39, 0.29) is 6.04 Å². The van der Waals surface area contributed by atoms with Crippen LogP contribution in [0.25, 0.3) is 10.1 Å². The highest BCUT2D eigenvalue weighted by molar-refractivity contribution is 7.17. The van der Waals surface area contributed by atoms with Crippen molar-refractivity contribution < 1.29 is 0 Å². The van der Waals surface area contributed by atoms with E-state index in [4.69, 9.17) is 4.98 Å². The summed E-state index contributed by atoms with van der Waals surface area (Å²) >= 11 is 1.84. The average molecular weight is 337 g/mol. The number of benzene rings is 1. The number of nitrogens with one attached hydrogen (secondary N) is 1. The summed E-state index contributed by atoms with van der Waals surface area (Å²) in [5.41, 5.74) is 3.86. The summed E-state index contributed by atoms with van der Waals surface area (Å²) < 4.78 is 1.36. The first kappa shape index (κ1) is 15.8. The van der Waals surface area contributed by atoms with Gasteiger partial charge < -0.3 is 5.32 Å². The number of hydrogen-bond donors (Lipinski definition) is 1. The number of rotatable bonds is 4. The van der Waals surface area contributed by atoms with Crippen LogP contribution in [-0.4, -0.2) is 36.1 Å². The van der Waals surface area contributed by atoms with Gasteiger partial charge in [0.1, 0.15) is 0 Å². The molecule has 3 nitrogen and oxygen atoms in total. The molecule has 4 heteroatoms. The van der Waals surface area contributed by atoms with Crippen molar-refractivity contribution in [3.05, 3.63) is 64.8 Å². The van der Waals surface area contributed by atoms with Crippen LogP contribution in [0, 0.1) is 0 Å². The van der Waals surface area contributed by atoms with E-state index in [1.54, 1.807) is 0 Å². The number of aromatic nitrogens is 1. The lowest BCUT2D eigenvalue weighted by atomic mass is 9.99. The standard InChI is InChI=1S/C20H23N3S/c1-2-15-7-8-18(22-13-15)20(23-11-9-21-10-12-23)17-14-24-19-6-4-3-5-16(17)19/h3-8,13-14,20-21H,2,9-12H2,1H3. The minimum Gasteiger partial charge on any atom is -0.314 e. The fraction of sp³-hybridized carbons (Fsp3) is 0.350. The van der Waals surface area contributed by atoms with Crippen LogP contribution in [0.15, 0.2) is 48.0 Å². The van der Waals surface area contributed by atoms with E-state index in [0.717, 1.165) is 38.3 Å². The zero-order valence-corrected chi connectivity index (χ0v) is 14.9. The number of fused-ring (bicyclic) bond motifs is 1. The van der Waals surface area contributed by atoms with Gasteiger partial charge in [0.25, 0.3) is 0 Å². The third-order valence-corrected chi connectivity index (χ3v) is 5.84. The van der Waals surface area contributed by atoms with Crippen LogP contribution >= 0.6 is 11.3 Å². The van der Waals surface area contributed by atoms with Crippen molar-refractivity contribution in [1.29, 1.82) is 0 Å². The Bertz CT molecular complexity index is 803. The van der Waals surface area contributed by atoms with E-state index < -0.39 is 0 Å². The predicted molar refractivity (Wildman–Crippen MR) is 102 cm³/mol. The maximum atomic E-state index is 4.83. The Morgan fingerprint density at radius 3 is 2.75 bits per heavy atom. The first-order valence-corrected chi connectivity index (χ1v) is 9.60. The molecule has 1 fully saturated rings. The fourth-order valence-electron chi connectivity index (χ4n) is 3.50. The maximum absolute atomic E-state index is 4.83. The fourth-order valence-corrected chi connectivity index (χ4v) is 4.48. The summed E-state index contributed by atoms with van der Waals surface area (Å²) in [5.74, 6) is 0. The molecule has 1 atom stereocenters. The first-order valence-electron chi connectivity index (χ1n) is 8.72. The summed E-state index contributed by atoms with van der Waals surface area (Å²) in [6.07, 6.45) is 3.08. The van der Waals surface area contributed by atoms with Crippen LogP contribution in [0.2, 0.25) is 0 Å². The third-order valence-electron chi connectivity index (χ3n) is 4.86. The van der Waals surface area contributed by atoms with Gasteiger partial charge in [-0.3, -0.25) is 9.88 Å². The molecule has 24 heavy (non-hydrogen) atoms. The van der Waals surface area contributed by atoms with Gasteiger partial charge in [0.2, 0.25) is 0 Å². The van der Waals surface area contributed by atoms with Crippen LogP contribution in [-0.2, 0) is 6.42 Å². The molecule has 1 saturated heterocycles. The highest BCUT2D eigenvalue weighted by Gasteiger charge is 2.27. The molecular weight excluding hydrogens is 314 g/mol. The second-order valence-corrected chi connectivity index (χ2v) is 7.23. The Morgan fingerprint density at radius 1 is 1.17 bits per heavy atom. The summed E-state index contributed by atoms with van der Waals surface area (Å²) in [6, 6.07) is 13.4. The highest BCUT2D eigenvalue weighted by atomic mass is 32.1. The van der Waals surface area contributed by atoms with Gasteiger partial charge in [-0.15, -0.1) is 11.3 Å². The number of nitrogens with zero attached hydrogens (tertiary/aromatic N) is 2. The van der Waals surface area contributed by atoms with Gasteiger partial charge in [0.15, 0.2) is 0 Å². The molecule has 0 radical (unpaired) electrons. The van der Waals surface area contributed by atoms with E-state index in [1.807, 2.05) is 17.5 Å². The summed E-state index contributed by atoms with van der Waals surface area (Å²) in [6.45, 7) is 6.40. The normalized spacial score (nSPS) is 17.2. The first-order chi connectivity index (χ1) is 11.9. The number of piperazine rings is 1. The topological polar surface area (TPSA) is 28.2 Å². The molecule has 1 N–H and O–H groups in total. The lowest BCUT2D eigenvalue weighted by Gasteiger charge is -2.34. The molecule has 1 unspecified atom stereocenters. The van der Waals surface area contributed by atoms with Crippen molar-refractivity contribution in [1.82, 2.24) is 15.2 Å². The molecule has 0 spiro atoms. The molecule has 0 saturated carbocycles. The summed E-state index contributed by atoms with van der Waals surface area (Å²) in [7, 11) is 0. The molecule has 1 aliphatic rings. The van der Waals surface area contributed by atoms with Crippen molar-refractivity contribution in [3.8, 4) is 0 Å². The molecule has 2 aromatic heterocycles. The van der Waals surface area contributed by atoms with Gasteiger partial charge in [0.05, 0.1) is 11.7 Å². The molecule has 3 heterocycles. The number of aryl methyl sites for hydroxylation is 1. The second-order valence-electron chi connectivity index (χ2n) is 6.32. The van der Waals surface area contributed by atoms with E-state index in [9.17, 15) is 0 Å². The van der Waals surface area contributed by atoms with Crippen molar-refractivity contribution in [2.45, 2.75) is 19.4 Å². The maximum Gasteiger partial charge on any atom is 0.0791 e. The van der Waals surface area contributed by atoms with E-state index in [2.05, 4.69) is 58.9 Å². The molecule has 124 valence electrons. The predicted octanol–water partition coefficient (Wildman–Crippen LogP) is 3.85. The highest BCUT2D eigenvalue weighted by Crippen LogP contribution is 2.36. The molecule has 0 aliphatic carbocycles. The Hall–Kier alpha value is -1.75. The van der Waals surface area contributed by atoms with Crippen molar-refractivity contribution >= 4 is 21.4 Å². The van der Waals surface area contributed by atoms with Crippen molar-refractivity contribution in [3.63, 3.8) is 0 Å². The molecule has 3 aromatic rings. The molecule has 0 amide bonds. The second kappa shape index (κ2) is 7.01. The lowest BCUT2D eigenvalue weighted by molar-refractivity contribution is 0.196. The van der Waals surface area contributed by atoms with Gasteiger partial charge >= 0.3 is 0 Å². The lowest BCUT2D eigenvalue weighted by Crippen LogP contribution is -2.45. The quantitative estimate of drug-likeness (QED) is 0.784. The summed E-state index contributed by atoms with van der Waals surface area (Å²) in [5, 5.41) is 7.16. The van der Waals surface area contributed by atoms with Crippen LogP contribution in [0.5, 0.6) is 0 Å². The smallest absolute Gasteiger partial charge is 0.0791 e. The van der Waals surface area contributed by atoms with Crippen molar-refractivity contribution in [2.75, 3.05) is 26.2 Å². The molecule has 4 rings (SSSR count). The van der Waals surface area contributed by atoms with Gasteiger partial charge in [-0.2, -0.15) is 0 Å². The Kier molecular flexibility index (Phi) is 4.60. The van der Waals surface area contributed by atoms with E-state index in [0.29, 0.717) is 0 Å².